The Kier molecular flexibility index (Phi) is 6.83. The van der Waals surface area contributed by atoms with E-state index in [0.717, 1.165) is 28.6 Å². The van der Waals surface area contributed by atoms with Gasteiger partial charge in [-0.05, 0) is 55.0 Å². The van der Waals surface area contributed by atoms with Crippen LogP contribution in [0.15, 0.2) is 66.7 Å². The van der Waals surface area contributed by atoms with Crippen LogP contribution in [0.25, 0.3) is 21.5 Å². The van der Waals surface area contributed by atoms with Crippen LogP contribution >= 0.6 is 22.9 Å². The fourth-order valence-electron chi connectivity index (χ4n) is 3.22. The van der Waals surface area contributed by atoms with Crippen LogP contribution in [0, 0.1) is 0 Å². The number of hydrogen-bond acceptors (Lipinski definition) is 5. The topological polar surface area (TPSA) is 68.3 Å². The molecule has 0 saturated carbocycles. The second-order valence-electron chi connectivity index (χ2n) is 7.20. The van der Waals surface area contributed by atoms with Gasteiger partial charge in [-0.15, -0.1) is 11.3 Å². The van der Waals surface area contributed by atoms with Crippen LogP contribution < -0.4 is 5.32 Å². The van der Waals surface area contributed by atoms with Gasteiger partial charge in [0.2, 0.25) is 0 Å². The second-order valence-corrected chi connectivity index (χ2v) is 8.91. The number of pyridine rings is 1. The zero-order chi connectivity index (χ0) is 22.5. The summed E-state index contributed by atoms with van der Waals surface area (Å²) in [6.07, 6.45) is 1.79. The molecule has 0 bridgehead atoms. The molecule has 4 aromatic rings. The van der Waals surface area contributed by atoms with Crippen LogP contribution in [-0.4, -0.2) is 23.5 Å². The number of benzene rings is 2. The Balaban J connectivity index is 1.58. The van der Waals surface area contributed by atoms with Gasteiger partial charge in [0.15, 0.2) is 0 Å². The summed E-state index contributed by atoms with van der Waals surface area (Å²) >= 11 is 7.50. The first-order valence-electron chi connectivity index (χ1n) is 10.3. The van der Waals surface area contributed by atoms with E-state index in [2.05, 4.69) is 5.32 Å². The summed E-state index contributed by atoms with van der Waals surface area (Å²) in [5, 5.41) is 3.67. The summed E-state index contributed by atoms with van der Waals surface area (Å²) < 4.78 is 5.88. The van der Waals surface area contributed by atoms with Gasteiger partial charge in [-0.1, -0.05) is 43.1 Å². The maximum absolute atomic E-state index is 13.2. The van der Waals surface area contributed by atoms with E-state index in [1.165, 1.54) is 11.3 Å². The molecule has 0 radical (unpaired) electrons. The minimum atomic E-state index is -0.365. The first-order valence-corrected chi connectivity index (χ1v) is 11.5. The third kappa shape index (κ3) is 4.98. The van der Waals surface area contributed by atoms with Crippen molar-refractivity contribution in [2.45, 2.75) is 19.8 Å². The fourth-order valence-corrected chi connectivity index (χ4v) is 4.23. The van der Waals surface area contributed by atoms with Gasteiger partial charge in [-0.25, -0.2) is 9.78 Å². The molecule has 0 spiro atoms. The van der Waals surface area contributed by atoms with Crippen LogP contribution in [0.5, 0.6) is 0 Å². The number of carbonyl (C=O) groups is 2. The number of rotatable bonds is 7. The van der Waals surface area contributed by atoms with Crippen molar-refractivity contribution in [2.24, 2.45) is 0 Å². The zero-order valence-corrected chi connectivity index (χ0v) is 19.0. The third-order valence-electron chi connectivity index (χ3n) is 4.90. The molecule has 0 unspecified atom stereocenters. The van der Waals surface area contributed by atoms with E-state index in [1.54, 1.807) is 30.3 Å². The molecule has 0 saturated heterocycles. The number of hydrogen-bond donors (Lipinski definition) is 1. The van der Waals surface area contributed by atoms with Crippen LogP contribution in [0.1, 0.15) is 40.5 Å². The van der Waals surface area contributed by atoms with E-state index < -0.39 is 0 Å². The van der Waals surface area contributed by atoms with Crippen molar-refractivity contribution in [2.75, 3.05) is 11.9 Å². The Morgan fingerprint density at radius 1 is 1.06 bits per heavy atom. The Hall–Kier alpha value is -3.22. The first kappa shape index (κ1) is 22.0. The number of esters is 1. The average Bonchev–Trinajstić information content (AvgIpc) is 3.25. The number of fused-ring (bicyclic) bond motifs is 1. The first-order chi connectivity index (χ1) is 15.5. The molecule has 2 heterocycles. The van der Waals surface area contributed by atoms with Gasteiger partial charge in [0, 0.05) is 11.1 Å². The highest BCUT2D eigenvalue weighted by Crippen LogP contribution is 2.32. The van der Waals surface area contributed by atoms with Crippen molar-refractivity contribution >= 4 is 51.4 Å². The van der Waals surface area contributed by atoms with Gasteiger partial charge in [-0.2, -0.15) is 0 Å². The van der Waals surface area contributed by atoms with Gasteiger partial charge in [0.05, 0.1) is 38.2 Å². The Bertz CT molecular complexity index is 1270. The summed E-state index contributed by atoms with van der Waals surface area (Å²) in [5.74, 6) is -0.624. The number of para-hydroxylation sites is 1. The highest BCUT2D eigenvalue weighted by Gasteiger charge is 2.15. The van der Waals surface area contributed by atoms with Crippen LogP contribution in [0.2, 0.25) is 4.34 Å². The smallest absolute Gasteiger partial charge is 0.338 e. The molecule has 0 aliphatic heterocycles. The van der Waals surface area contributed by atoms with Crippen molar-refractivity contribution < 1.29 is 14.3 Å². The molecular weight excluding hydrogens is 444 g/mol. The average molecular weight is 465 g/mol. The summed E-state index contributed by atoms with van der Waals surface area (Å²) in [6.45, 7) is 2.44. The number of halogens is 1. The molecule has 5 nitrogen and oxygen atoms in total. The monoisotopic (exact) mass is 464 g/mol. The zero-order valence-electron chi connectivity index (χ0n) is 17.4. The maximum Gasteiger partial charge on any atom is 0.338 e. The standard InChI is InChI=1S/C25H21ClN2O3S/c1-2-3-14-31-25(30)16-8-10-17(11-9-16)27-24(29)19-15-21(22-12-13-23(26)32-22)28-20-7-5-4-6-18(19)20/h4-13,15H,2-3,14H2,1H3,(H,27,29). The van der Waals surface area contributed by atoms with Crippen molar-refractivity contribution in [3.8, 4) is 10.6 Å². The van der Waals surface area contributed by atoms with Gasteiger partial charge in [0.25, 0.3) is 5.91 Å². The molecule has 0 atom stereocenters. The van der Waals surface area contributed by atoms with Crippen molar-refractivity contribution in [3.63, 3.8) is 0 Å². The van der Waals surface area contributed by atoms with Crippen LogP contribution in [0.4, 0.5) is 5.69 Å². The van der Waals surface area contributed by atoms with Crippen LogP contribution in [-0.2, 0) is 4.74 Å². The normalized spacial score (nSPS) is 10.8. The summed E-state index contributed by atoms with van der Waals surface area (Å²) in [6, 6.07) is 19.7. The lowest BCUT2D eigenvalue weighted by atomic mass is 10.1. The van der Waals surface area contributed by atoms with E-state index in [4.69, 9.17) is 21.3 Å². The highest BCUT2D eigenvalue weighted by molar-refractivity contribution is 7.19. The highest BCUT2D eigenvalue weighted by atomic mass is 35.5. The molecule has 7 heteroatoms. The molecule has 162 valence electrons. The largest absolute Gasteiger partial charge is 0.462 e. The Morgan fingerprint density at radius 3 is 2.56 bits per heavy atom. The number of thiophene rings is 1. The number of aromatic nitrogens is 1. The number of ether oxygens (including phenoxy) is 1. The fraction of sp³-hybridized carbons (Fsp3) is 0.160. The lowest BCUT2D eigenvalue weighted by Gasteiger charge is -2.10. The number of anilines is 1. The molecule has 4 rings (SSSR count). The molecule has 1 N–H and O–H groups in total. The van der Waals surface area contributed by atoms with Gasteiger partial charge >= 0.3 is 5.97 Å². The summed E-state index contributed by atoms with van der Waals surface area (Å²) in [5.41, 5.74) is 2.96. The minimum absolute atomic E-state index is 0.259. The van der Waals surface area contributed by atoms with Crippen LogP contribution in [0.3, 0.4) is 0 Å². The maximum atomic E-state index is 13.2. The number of carbonyl (C=O) groups excluding carboxylic acids is 2. The minimum Gasteiger partial charge on any atom is -0.462 e. The molecular formula is C25H21ClN2O3S. The van der Waals surface area contributed by atoms with Gasteiger partial charge in [0.1, 0.15) is 0 Å². The number of nitrogens with one attached hydrogen (secondary N) is 1. The SMILES string of the molecule is CCCCOC(=O)c1ccc(NC(=O)c2cc(-c3ccc(Cl)s3)nc3ccccc23)cc1. The number of nitrogens with zero attached hydrogens (tertiary/aromatic N) is 1. The molecule has 2 aromatic heterocycles. The lowest BCUT2D eigenvalue weighted by Crippen LogP contribution is -2.13. The second kappa shape index (κ2) is 9.94. The van der Waals surface area contributed by atoms with E-state index in [9.17, 15) is 9.59 Å². The quantitative estimate of drug-likeness (QED) is 0.240. The van der Waals surface area contributed by atoms with Crippen molar-refractivity contribution in [1.29, 1.82) is 0 Å². The van der Waals surface area contributed by atoms with E-state index in [0.29, 0.717) is 33.5 Å². The van der Waals surface area contributed by atoms with Crippen molar-refractivity contribution in [1.82, 2.24) is 4.98 Å². The molecule has 0 aliphatic rings. The van der Waals surface area contributed by atoms with E-state index in [1.807, 2.05) is 43.3 Å². The molecule has 0 aliphatic carbocycles. The lowest BCUT2D eigenvalue weighted by molar-refractivity contribution is 0.0499. The molecule has 2 aromatic carbocycles. The third-order valence-corrected chi connectivity index (χ3v) is 6.15. The van der Waals surface area contributed by atoms with Crippen molar-refractivity contribution in [3.05, 3.63) is 82.2 Å². The van der Waals surface area contributed by atoms with E-state index in [-0.39, 0.29) is 11.9 Å². The van der Waals surface area contributed by atoms with Gasteiger partial charge < -0.3 is 10.1 Å². The Morgan fingerprint density at radius 2 is 1.84 bits per heavy atom. The Labute approximate surface area is 195 Å². The number of unbranched alkanes of at least 4 members (excludes halogenated alkanes) is 1. The molecule has 1 amide bonds. The predicted molar refractivity (Wildman–Crippen MR) is 130 cm³/mol. The molecule has 32 heavy (non-hydrogen) atoms. The molecule has 0 fully saturated rings. The van der Waals surface area contributed by atoms with Gasteiger partial charge in [-0.3, -0.25) is 4.79 Å². The number of amides is 1. The predicted octanol–water partition coefficient (Wildman–Crippen LogP) is 6.83. The summed E-state index contributed by atoms with van der Waals surface area (Å²) in [4.78, 5) is 30.8. The summed E-state index contributed by atoms with van der Waals surface area (Å²) in [7, 11) is 0. The van der Waals surface area contributed by atoms with E-state index >= 15 is 0 Å².